The number of anilines is 1. The highest BCUT2D eigenvalue weighted by Crippen LogP contribution is 2.27. The number of carbonyl (C=O) groups excluding carboxylic acids is 1. The summed E-state index contributed by atoms with van der Waals surface area (Å²) in [4.78, 5) is 16.2. The zero-order chi connectivity index (χ0) is 14.9. The molecule has 0 spiro atoms. The molecule has 0 radical (unpaired) electrons. The predicted molar refractivity (Wildman–Crippen MR) is 81.0 cm³/mol. The van der Waals surface area contributed by atoms with E-state index in [2.05, 4.69) is 26.2 Å². The van der Waals surface area contributed by atoms with Crippen molar-refractivity contribution in [3.05, 3.63) is 55.9 Å². The number of nitrogens with zero attached hydrogens (tertiary/aromatic N) is 1. The third kappa shape index (κ3) is 3.29. The first-order valence-corrected chi connectivity index (χ1v) is 7.02. The Morgan fingerprint density at radius 2 is 2.00 bits per heavy atom. The third-order valence-electron chi connectivity index (χ3n) is 2.51. The highest BCUT2D eigenvalue weighted by molar-refractivity contribution is 9.10. The number of nitrogens with one attached hydrogen (secondary N) is 1. The Morgan fingerprint density at radius 1 is 1.30 bits per heavy atom. The summed E-state index contributed by atoms with van der Waals surface area (Å²) in [6, 6.07) is 5.31. The maximum absolute atomic E-state index is 13.2. The van der Waals surface area contributed by atoms with Crippen LogP contribution in [-0.4, -0.2) is 10.9 Å². The highest BCUT2D eigenvalue weighted by Gasteiger charge is 2.14. The Morgan fingerprint density at radius 3 is 2.70 bits per heavy atom. The van der Waals surface area contributed by atoms with E-state index in [9.17, 15) is 9.18 Å². The van der Waals surface area contributed by atoms with Gasteiger partial charge in [-0.05, 0) is 47.1 Å². The largest absolute Gasteiger partial charge is 0.305 e. The van der Waals surface area contributed by atoms with Crippen LogP contribution in [0.25, 0.3) is 0 Å². The van der Waals surface area contributed by atoms with Gasteiger partial charge in [-0.2, -0.15) is 0 Å². The Kier molecular flexibility index (Phi) is 4.62. The number of aryl methyl sites for hydroxylation is 1. The Balaban J connectivity index is 2.32. The van der Waals surface area contributed by atoms with Crippen molar-refractivity contribution in [2.75, 3.05) is 5.32 Å². The van der Waals surface area contributed by atoms with Crippen LogP contribution in [0.2, 0.25) is 10.0 Å². The normalized spacial score (nSPS) is 10.4. The van der Waals surface area contributed by atoms with Crippen molar-refractivity contribution in [1.29, 1.82) is 0 Å². The topological polar surface area (TPSA) is 42.0 Å². The van der Waals surface area contributed by atoms with Gasteiger partial charge in [0.2, 0.25) is 0 Å². The van der Waals surface area contributed by atoms with E-state index in [0.29, 0.717) is 15.2 Å². The van der Waals surface area contributed by atoms with Crippen molar-refractivity contribution in [3.8, 4) is 0 Å². The molecule has 0 aliphatic carbocycles. The van der Waals surface area contributed by atoms with Crippen molar-refractivity contribution in [2.45, 2.75) is 6.92 Å². The number of pyridine rings is 1. The molecule has 2 aromatic rings. The molecule has 1 aromatic heterocycles. The van der Waals surface area contributed by atoms with Gasteiger partial charge in [0, 0.05) is 4.47 Å². The minimum atomic E-state index is -0.521. The lowest BCUT2D eigenvalue weighted by Gasteiger charge is -2.09. The van der Waals surface area contributed by atoms with E-state index in [1.807, 2.05) is 0 Å². The van der Waals surface area contributed by atoms with Gasteiger partial charge >= 0.3 is 0 Å². The van der Waals surface area contributed by atoms with E-state index in [0.717, 1.165) is 6.07 Å². The number of aromatic nitrogens is 1. The summed E-state index contributed by atoms with van der Waals surface area (Å²) in [6.45, 7) is 1.69. The molecule has 1 N–H and O–H groups in total. The van der Waals surface area contributed by atoms with Gasteiger partial charge in [0.25, 0.3) is 5.91 Å². The number of benzene rings is 1. The van der Waals surface area contributed by atoms with Crippen LogP contribution in [0, 0.1) is 12.7 Å². The molecule has 0 unspecified atom stereocenters. The lowest BCUT2D eigenvalue weighted by atomic mass is 10.2. The van der Waals surface area contributed by atoms with Crippen molar-refractivity contribution < 1.29 is 9.18 Å². The molecule has 104 valence electrons. The molecule has 0 aliphatic rings. The fourth-order valence-corrected chi connectivity index (χ4v) is 2.33. The first-order valence-electron chi connectivity index (χ1n) is 5.47. The Labute approximate surface area is 133 Å². The number of amides is 1. The van der Waals surface area contributed by atoms with Crippen LogP contribution in [0.3, 0.4) is 0 Å². The summed E-state index contributed by atoms with van der Waals surface area (Å²) in [5.74, 6) is -0.855. The zero-order valence-electron chi connectivity index (χ0n) is 10.2. The summed E-state index contributed by atoms with van der Waals surface area (Å²) < 4.78 is 13.7. The number of carbonyl (C=O) groups is 1. The maximum Gasteiger partial charge on any atom is 0.258 e. The number of rotatable bonds is 2. The molecule has 3 nitrogen and oxygen atoms in total. The van der Waals surface area contributed by atoms with Crippen LogP contribution in [0.15, 0.2) is 28.7 Å². The van der Waals surface area contributed by atoms with Crippen molar-refractivity contribution >= 4 is 50.9 Å². The fourth-order valence-electron chi connectivity index (χ4n) is 1.49. The van der Waals surface area contributed by atoms with E-state index < -0.39 is 11.7 Å². The van der Waals surface area contributed by atoms with E-state index in [1.54, 1.807) is 6.92 Å². The number of hydrogen-bond acceptors (Lipinski definition) is 2. The summed E-state index contributed by atoms with van der Waals surface area (Å²) >= 11 is 15.0. The van der Waals surface area contributed by atoms with E-state index in [4.69, 9.17) is 23.2 Å². The molecule has 20 heavy (non-hydrogen) atoms. The first-order chi connectivity index (χ1) is 9.38. The molecule has 1 aromatic carbocycles. The lowest BCUT2D eigenvalue weighted by molar-refractivity contribution is 0.102. The van der Waals surface area contributed by atoms with Crippen LogP contribution in [0.4, 0.5) is 10.2 Å². The van der Waals surface area contributed by atoms with E-state index >= 15 is 0 Å². The minimum absolute atomic E-state index is 0.149. The summed E-state index contributed by atoms with van der Waals surface area (Å²) in [5.41, 5.74) is 0.681. The summed E-state index contributed by atoms with van der Waals surface area (Å²) in [7, 11) is 0. The Hall–Kier alpha value is -1.17. The Bertz CT molecular complexity index is 694. The molecular weight excluding hydrogens is 370 g/mol. The third-order valence-corrected chi connectivity index (χ3v) is 3.87. The van der Waals surface area contributed by atoms with Gasteiger partial charge in [-0.3, -0.25) is 4.79 Å². The molecule has 1 amide bonds. The average Bonchev–Trinajstić information content (AvgIpc) is 2.38. The van der Waals surface area contributed by atoms with E-state index in [-0.39, 0.29) is 16.4 Å². The van der Waals surface area contributed by atoms with Crippen LogP contribution in [0.1, 0.15) is 16.1 Å². The van der Waals surface area contributed by atoms with Crippen molar-refractivity contribution in [3.63, 3.8) is 0 Å². The van der Waals surface area contributed by atoms with Gasteiger partial charge in [0.05, 0.1) is 21.3 Å². The van der Waals surface area contributed by atoms with Crippen molar-refractivity contribution in [2.24, 2.45) is 0 Å². The molecule has 0 saturated heterocycles. The smallest absolute Gasteiger partial charge is 0.258 e. The van der Waals surface area contributed by atoms with Gasteiger partial charge in [-0.15, -0.1) is 0 Å². The first kappa shape index (κ1) is 15.2. The number of hydrogen-bond donors (Lipinski definition) is 1. The van der Waals surface area contributed by atoms with Crippen LogP contribution < -0.4 is 5.32 Å². The second kappa shape index (κ2) is 6.08. The van der Waals surface area contributed by atoms with Crippen LogP contribution in [0.5, 0.6) is 0 Å². The molecular formula is C13H8BrCl2FN2O. The molecule has 0 saturated carbocycles. The minimum Gasteiger partial charge on any atom is -0.305 e. The predicted octanol–water partition coefficient (Wildman–Crippen LogP) is 4.85. The lowest BCUT2D eigenvalue weighted by Crippen LogP contribution is -2.14. The second-order valence-electron chi connectivity index (χ2n) is 3.96. The highest BCUT2D eigenvalue weighted by atomic mass is 79.9. The van der Waals surface area contributed by atoms with Crippen LogP contribution >= 0.6 is 39.1 Å². The van der Waals surface area contributed by atoms with Gasteiger partial charge < -0.3 is 5.32 Å². The SMILES string of the molecule is Cc1nc(NC(=O)c2cc(F)ccc2Br)c(Cl)cc1Cl. The second-order valence-corrected chi connectivity index (χ2v) is 5.63. The molecule has 0 bridgehead atoms. The monoisotopic (exact) mass is 376 g/mol. The standard InChI is InChI=1S/C13H8BrCl2FN2O/c1-6-10(15)5-11(16)12(18-6)19-13(20)8-4-7(17)2-3-9(8)14/h2-5H,1H3,(H,18,19,20). The fraction of sp³-hybridized carbons (Fsp3) is 0.0769. The quantitative estimate of drug-likeness (QED) is 0.812. The van der Waals surface area contributed by atoms with Crippen LogP contribution in [-0.2, 0) is 0 Å². The van der Waals surface area contributed by atoms with Gasteiger partial charge in [-0.1, -0.05) is 23.2 Å². The molecule has 0 fully saturated rings. The van der Waals surface area contributed by atoms with Crippen molar-refractivity contribution in [1.82, 2.24) is 4.98 Å². The average molecular weight is 378 g/mol. The van der Waals surface area contributed by atoms with Gasteiger partial charge in [0.1, 0.15) is 5.82 Å². The molecule has 7 heteroatoms. The number of halogens is 4. The maximum atomic E-state index is 13.2. The van der Waals surface area contributed by atoms with Gasteiger partial charge in [0.15, 0.2) is 5.82 Å². The summed E-state index contributed by atoms with van der Waals surface area (Å²) in [6.07, 6.45) is 0. The van der Waals surface area contributed by atoms with E-state index in [1.165, 1.54) is 18.2 Å². The zero-order valence-corrected chi connectivity index (χ0v) is 13.3. The molecule has 0 aliphatic heterocycles. The molecule has 1 heterocycles. The van der Waals surface area contributed by atoms with Gasteiger partial charge in [-0.25, -0.2) is 9.37 Å². The summed E-state index contributed by atoms with van der Waals surface area (Å²) in [5, 5.41) is 3.14. The molecule has 2 rings (SSSR count). The molecule has 0 atom stereocenters.